The summed E-state index contributed by atoms with van der Waals surface area (Å²) >= 11 is 0. The second-order valence-electron chi connectivity index (χ2n) is 19.8. The van der Waals surface area contributed by atoms with Gasteiger partial charge in [-0.25, -0.2) is 0 Å². The number of nitrogens with one attached hydrogen (secondary N) is 2. The minimum absolute atomic E-state index is 0. The molecule has 14 nitrogen and oxygen atoms in total. The normalized spacial score (nSPS) is 26.6. The van der Waals surface area contributed by atoms with Gasteiger partial charge in [0.15, 0.2) is 11.4 Å². The Morgan fingerprint density at radius 2 is 0.971 bits per heavy atom. The average Bonchev–Trinajstić information content (AvgIpc) is 4.22. The third-order valence-electron chi connectivity index (χ3n) is 16.8. The maximum Gasteiger partial charge on any atom is 0.252 e. The van der Waals surface area contributed by atoms with Crippen molar-refractivity contribution in [2.24, 2.45) is 0 Å². The summed E-state index contributed by atoms with van der Waals surface area (Å²) in [6.45, 7) is 7.00. The van der Waals surface area contributed by atoms with Crippen LogP contribution < -0.4 is 10.6 Å². The zero-order chi connectivity index (χ0) is 46.0. The van der Waals surface area contributed by atoms with Crippen LogP contribution in [0.4, 0.5) is 0 Å². The van der Waals surface area contributed by atoms with Crippen molar-refractivity contribution in [2.75, 3.05) is 19.8 Å². The largest absolute Gasteiger partial charge is 0.393 e. The molecular formula is C56H54N6O8. The Balaban J connectivity index is 0.000000134. The van der Waals surface area contributed by atoms with E-state index in [-0.39, 0.29) is 39.7 Å². The third kappa shape index (κ3) is 4.71. The maximum atomic E-state index is 13.3. The lowest BCUT2D eigenvalue weighted by molar-refractivity contribution is -0.195. The number of amides is 2. The lowest BCUT2D eigenvalue weighted by atomic mass is 9.89. The van der Waals surface area contributed by atoms with E-state index in [0.29, 0.717) is 26.1 Å². The van der Waals surface area contributed by atoms with Crippen molar-refractivity contribution < 1.29 is 39.1 Å². The summed E-state index contributed by atoms with van der Waals surface area (Å²) in [6.07, 6.45) is -0.269. The molecule has 14 heteroatoms. The molecule has 6 aliphatic rings. The van der Waals surface area contributed by atoms with Gasteiger partial charge in [0.1, 0.15) is 23.7 Å². The van der Waals surface area contributed by atoms with Crippen molar-refractivity contribution in [1.29, 1.82) is 0 Å². The summed E-state index contributed by atoms with van der Waals surface area (Å²) in [7, 11) is 0. The predicted octanol–water partition coefficient (Wildman–Crippen LogP) is 9.27. The summed E-state index contributed by atoms with van der Waals surface area (Å²) in [6, 6.07) is 32.5. The third-order valence-corrected chi connectivity index (χ3v) is 16.8. The van der Waals surface area contributed by atoms with Crippen LogP contribution in [-0.4, -0.2) is 76.4 Å². The van der Waals surface area contributed by atoms with E-state index in [0.717, 1.165) is 109 Å². The summed E-state index contributed by atoms with van der Waals surface area (Å²) in [5, 5.41) is 48.5. The number of aromatic nitrogens is 4. The number of para-hydroxylation sites is 4. The van der Waals surface area contributed by atoms with Crippen LogP contribution in [0.15, 0.2) is 97.1 Å². The lowest BCUT2D eigenvalue weighted by Gasteiger charge is -2.39. The van der Waals surface area contributed by atoms with Crippen molar-refractivity contribution in [3.8, 4) is 0 Å². The first kappa shape index (κ1) is 43.3. The van der Waals surface area contributed by atoms with Crippen LogP contribution in [0.2, 0.25) is 0 Å². The summed E-state index contributed by atoms with van der Waals surface area (Å²) in [4.78, 5) is 26.4. The summed E-state index contributed by atoms with van der Waals surface area (Å²) in [5.41, 5.74) is 6.26. The molecule has 16 rings (SSSR count). The number of benzene rings is 6. The van der Waals surface area contributed by atoms with E-state index in [1.54, 1.807) is 0 Å². The molecule has 2 amide bonds. The first-order chi connectivity index (χ1) is 33.0. The summed E-state index contributed by atoms with van der Waals surface area (Å²) < 4.78 is 28.0. The number of hydrogen-bond donors (Lipinski definition) is 5. The summed E-state index contributed by atoms with van der Waals surface area (Å²) in [5.74, 6) is -0.0870. The number of carbonyl (C=O) groups is 2. The SMILES string of the molecule is C.C.CCOC[C@@]1(O)C[C@H]2O[C@]1(C)n1c3ccccc3c3c4c(c5c6ccccc6n2c5c31)C(=O)NC4.C[C@]12O[C@H](C[C@]1(O)CO)n1c3ccccc3c3c4c(c5c6ccccc6n2c5c31)CNC4=O. The number of nitrogens with zero attached hydrogens (tertiary/aromatic N) is 4. The molecule has 6 aliphatic heterocycles. The Kier molecular flexibility index (Phi) is 8.63. The van der Waals surface area contributed by atoms with Crippen LogP contribution in [0.3, 0.4) is 0 Å². The minimum Gasteiger partial charge on any atom is -0.393 e. The highest BCUT2D eigenvalue weighted by molar-refractivity contribution is 6.32. The molecule has 70 heavy (non-hydrogen) atoms. The number of ether oxygens (including phenoxy) is 3. The number of aliphatic hydroxyl groups is 3. The van der Waals surface area contributed by atoms with Gasteiger partial charge in [-0.1, -0.05) is 87.6 Å². The molecule has 0 radical (unpaired) electrons. The van der Waals surface area contributed by atoms with Crippen LogP contribution in [0.1, 0.15) is 92.8 Å². The molecule has 4 bridgehead atoms. The van der Waals surface area contributed by atoms with Gasteiger partial charge in [0.2, 0.25) is 0 Å². The molecule has 0 unspecified atom stereocenters. The van der Waals surface area contributed by atoms with Gasteiger partial charge in [-0.05, 0) is 56.2 Å². The van der Waals surface area contributed by atoms with Gasteiger partial charge >= 0.3 is 0 Å². The zero-order valence-electron chi connectivity index (χ0n) is 37.5. The fourth-order valence-corrected chi connectivity index (χ4v) is 13.7. The number of rotatable bonds is 4. The second-order valence-corrected chi connectivity index (χ2v) is 19.8. The van der Waals surface area contributed by atoms with Crippen molar-refractivity contribution in [3.63, 3.8) is 0 Å². The van der Waals surface area contributed by atoms with Crippen LogP contribution in [0.5, 0.6) is 0 Å². The molecule has 2 fully saturated rings. The zero-order valence-corrected chi connectivity index (χ0v) is 37.5. The molecule has 6 aromatic carbocycles. The predicted molar refractivity (Wildman–Crippen MR) is 271 cm³/mol. The quantitative estimate of drug-likeness (QED) is 0.117. The molecule has 5 N–H and O–H groups in total. The van der Waals surface area contributed by atoms with Crippen molar-refractivity contribution in [3.05, 3.63) is 119 Å². The Hall–Kier alpha value is -6.78. The van der Waals surface area contributed by atoms with Crippen molar-refractivity contribution in [2.45, 2.75) is 96.7 Å². The van der Waals surface area contributed by atoms with Crippen molar-refractivity contribution in [1.82, 2.24) is 28.9 Å². The van der Waals surface area contributed by atoms with Crippen LogP contribution in [0.25, 0.3) is 87.2 Å². The number of aliphatic hydroxyl groups excluding tert-OH is 1. The Morgan fingerprint density at radius 1 is 0.586 bits per heavy atom. The number of fused-ring (bicyclic) bond motifs is 26. The van der Waals surface area contributed by atoms with E-state index in [1.807, 2.05) is 87.5 Å². The topological polar surface area (TPSA) is 166 Å². The number of hydrogen-bond acceptors (Lipinski definition) is 8. The Labute approximate surface area is 401 Å². The molecule has 0 spiro atoms. The van der Waals surface area contributed by atoms with Gasteiger partial charge in [0.25, 0.3) is 11.8 Å². The highest BCUT2D eigenvalue weighted by Crippen LogP contribution is 2.59. The molecular weight excluding hydrogens is 885 g/mol. The van der Waals surface area contributed by atoms with E-state index >= 15 is 0 Å². The van der Waals surface area contributed by atoms with Crippen LogP contribution in [0, 0.1) is 0 Å². The molecule has 0 saturated carbocycles. The van der Waals surface area contributed by atoms with Gasteiger partial charge in [-0.2, -0.15) is 0 Å². The van der Waals surface area contributed by atoms with Gasteiger partial charge in [0, 0.05) is 75.6 Å². The number of carbonyl (C=O) groups excluding carboxylic acids is 2. The molecule has 4 aromatic heterocycles. The molecule has 10 aromatic rings. The first-order valence-corrected chi connectivity index (χ1v) is 23.5. The highest BCUT2D eigenvalue weighted by Gasteiger charge is 2.62. The molecule has 10 heterocycles. The van der Waals surface area contributed by atoms with Gasteiger partial charge in [-0.15, -0.1) is 0 Å². The van der Waals surface area contributed by atoms with E-state index in [1.165, 1.54) is 0 Å². The van der Waals surface area contributed by atoms with Gasteiger partial charge in [0.05, 0.1) is 68.5 Å². The first-order valence-electron chi connectivity index (χ1n) is 23.5. The smallest absolute Gasteiger partial charge is 0.252 e. The van der Waals surface area contributed by atoms with E-state index in [4.69, 9.17) is 14.2 Å². The molecule has 0 aliphatic carbocycles. The fraction of sp³-hybridized carbons (Fsp3) is 0.321. The van der Waals surface area contributed by atoms with Crippen molar-refractivity contribution >= 4 is 99.0 Å². The van der Waals surface area contributed by atoms with Crippen LogP contribution in [-0.2, 0) is 38.8 Å². The van der Waals surface area contributed by atoms with E-state index < -0.39 is 41.7 Å². The Bertz CT molecular complexity index is 4010. The fourth-order valence-electron chi connectivity index (χ4n) is 13.7. The second kappa shape index (κ2) is 14.0. The monoisotopic (exact) mass is 938 g/mol. The standard InChI is InChI=1S/C28H25N3O4.C26H21N3O4.2CH4/c1-3-34-14-28(33)12-20-30-18-10-6-4-8-15(18)22-23-17(13-29-26(23)32)21-16-9-5-7-11-19(16)31(25(21)24(22)30)27(28,2)35-20;1-25-26(32,12-30)10-18(33-25)28-16-8-4-2-6-13(16)20-21-15(11-27-24(21)31)19-14-7-3-5-9-17(14)29(25)23(19)22(20)28;;/h4-11,20,33H,3,12-14H2,1-2H3,(H,29,32);2-9,18,30,32H,10-12H2,1H3,(H,27,31);2*1H4/t20-,27+,28+;18-,25+,26+;;/m11../s1. The Morgan fingerprint density at radius 3 is 1.40 bits per heavy atom. The van der Waals surface area contributed by atoms with Gasteiger partial charge in [-0.3, -0.25) is 9.59 Å². The minimum atomic E-state index is -1.48. The highest BCUT2D eigenvalue weighted by atomic mass is 16.6. The lowest BCUT2D eigenvalue weighted by Crippen LogP contribution is -2.53. The average molecular weight is 939 g/mol. The van der Waals surface area contributed by atoms with Crippen LogP contribution >= 0.6 is 0 Å². The van der Waals surface area contributed by atoms with E-state index in [2.05, 4.69) is 59.2 Å². The van der Waals surface area contributed by atoms with E-state index in [9.17, 15) is 24.9 Å². The molecule has 6 atom stereocenters. The maximum absolute atomic E-state index is 13.3. The molecule has 356 valence electrons. The van der Waals surface area contributed by atoms with Gasteiger partial charge < -0.3 is 58.4 Å². The molecule has 2 saturated heterocycles.